The van der Waals surface area contributed by atoms with Crippen molar-refractivity contribution in [3.63, 3.8) is 0 Å². The molecule has 0 aliphatic heterocycles. The van der Waals surface area contributed by atoms with Crippen molar-refractivity contribution in [1.82, 2.24) is 15.5 Å². The molecule has 1 fully saturated rings. The number of nitrogens with zero attached hydrogens (tertiary/aromatic N) is 1. The van der Waals surface area contributed by atoms with Gasteiger partial charge >= 0.3 is 6.03 Å². The number of rotatable bonds is 7. The van der Waals surface area contributed by atoms with Crippen molar-refractivity contribution in [3.8, 4) is 0 Å². The predicted octanol–water partition coefficient (Wildman–Crippen LogP) is 4.11. The topological polar surface area (TPSA) is 57.5 Å². The first-order valence-electron chi connectivity index (χ1n) is 9.44. The summed E-state index contributed by atoms with van der Waals surface area (Å²) in [5, 5.41) is 6.24. The maximum absolute atomic E-state index is 12.6. The lowest BCUT2D eigenvalue weighted by molar-refractivity contribution is 0.218. The van der Waals surface area contributed by atoms with Crippen LogP contribution in [0.4, 0.5) is 4.79 Å². The summed E-state index contributed by atoms with van der Waals surface area (Å²) in [6.07, 6.45) is 6.51. The maximum Gasteiger partial charge on any atom is 0.315 e. The van der Waals surface area contributed by atoms with Crippen molar-refractivity contribution >= 4 is 6.03 Å². The van der Waals surface area contributed by atoms with Crippen molar-refractivity contribution in [2.75, 3.05) is 20.6 Å². The Bertz CT molecular complexity index is 664. The minimum atomic E-state index is -0.121. The summed E-state index contributed by atoms with van der Waals surface area (Å²) < 4.78 is 5.51. The van der Waals surface area contributed by atoms with Crippen LogP contribution in [-0.2, 0) is 0 Å². The molecule has 5 nitrogen and oxygen atoms in total. The lowest BCUT2D eigenvalue weighted by Crippen LogP contribution is -2.43. The fourth-order valence-corrected chi connectivity index (χ4v) is 3.82. The molecule has 0 radical (unpaired) electrons. The maximum atomic E-state index is 12.6. The van der Waals surface area contributed by atoms with Crippen molar-refractivity contribution < 1.29 is 9.21 Å². The quantitative estimate of drug-likeness (QED) is 0.786. The van der Waals surface area contributed by atoms with Gasteiger partial charge in [0.25, 0.3) is 0 Å². The van der Waals surface area contributed by atoms with Gasteiger partial charge in [-0.15, -0.1) is 0 Å². The second kappa shape index (κ2) is 8.90. The minimum Gasteiger partial charge on any atom is -0.468 e. The number of carbonyl (C=O) groups is 1. The zero-order valence-corrected chi connectivity index (χ0v) is 15.7. The molecule has 2 aromatic rings. The van der Waals surface area contributed by atoms with E-state index in [1.807, 2.05) is 49.3 Å². The third-order valence-corrected chi connectivity index (χ3v) is 5.27. The number of furan rings is 1. The molecule has 1 saturated carbocycles. The molecule has 0 saturated heterocycles. The van der Waals surface area contributed by atoms with Crippen LogP contribution in [0.5, 0.6) is 0 Å². The molecule has 1 heterocycles. The van der Waals surface area contributed by atoms with Crippen molar-refractivity contribution in [3.05, 3.63) is 60.1 Å². The van der Waals surface area contributed by atoms with Crippen LogP contribution in [-0.4, -0.2) is 31.6 Å². The van der Waals surface area contributed by atoms with E-state index in [0.717, 1.165) is 5.76 Å². The van der Waals surface area contributed by atoms with Crippen LogP contribution >= 0.6 is 0 Å². The number of likely N-dealkylation sites (N-methyl/N-ethyl adjacent to an activating group) is 1. The van der Waals surface area contributed by atoms with Gasteiger partial charge in [-0.1, -0.05) is 43.2 Å². The van der Waals surface area contributed by atoms with Crippen molar-refractivity contribution in [2.24, 2.45) is 5.92 Å². The van der Waals surface area contributed by atoms with E-state index >= 15 is 0 Å². The summed E-state index contributed by atoms with van der Waals surface area (Å²) in [4.78, 5) is 14.7. The second-order valence-corrected chi connectivity index (χ2v) is 7.28. The number of carbonyl (C=O) groups excluding carboxylic acids is 1. The smallest absolute Gasteiger partial charge is 0.315 e. The minimum absolute atomic E-state index is 0.0115. The Morgan fingerprint density at radius 2 is 1.88 bits per heavy atom. The molecule has 1 aromatic heterocycles. The Kier molecular flexibility index (Phi) is 6.34. The molecule has 5 heteroatoms. The monoisotopic (exact) mass is 355 g/mol. The zero-order valence-electron chi connectivity index (χ0n) is 15.7. The molecule has 2 unspecified atom stereocenters. The van der Waals surface area contributed by atoms with E-state index in [1.54, 1.807) is 6.26 Å². The highest BCUT2D eigenvalue weighted by molar-refractivity contribution is 5.74. The summed E-state index contributed by atoms with van der Waals surface area (Å²) in [7, 11) is 3.97. The van der Waals surface area contributed by atoms with Gasteiger partial charge in [0.05, 0.1) is 18.3 Å². The number of benzene rings is 1. The first-order chi connectivity index (χ1) is 12.6. The van der Waals surface area contributed by atoms with Gasteiger partial charge in [0, 0.05) is 6.54 Å². The van der Waals surface area contributed by atoms with Crippen LogP contribution in [0.15, 0.2) is 53.1 Å². The van der Waals surface area contributed by atoms with E-state index in [4.69, 9.17) is 4.42 Å². The lowest BCUT2D eigenvalue weighted by atomic mass is 9.92. The van der Waals surface area contributed by atoms with E-state index in [0.29, 0.717) is 12.5 Å². The number of amides is 2. The summed E-state index contributed by atoms with van der Waals surface area (Å²) in [5.41, 5.74) is 1.18. The summed E-state index contributed by atoms with van der Waals surface area (Å²) in [6, 6.07) is 14.1. The summed E-state index contributed by atoms with van der Waals surface area (Å²) in [5.74, 6) is 1.36. The molecule has 1 aliphatic carbocycles. The molecule has 1 aliphatic rings. The molecular formula is C21H29N3O2. The molecule has 2 amide bonds. The van der Waals surface area contributed by atoms with Gasteiger partial charge in [-0.2, -0.15) is 0 Å². The Morgan fingerprint density at radius 3 is 2.50 bits per heavy atom. The summed E-state index contributed by atoms with van der Waals surface area (Å²) in [6.45, 7) is 0.499. The van der Waals surface area contributed by atoms with Crippen LogP contribution in [0.2, 0.25) is 0 Å². The second-order valence-electron chi connectivity index (χ2n) is 7.28. The zero-order chi connectivity index (χ0) is 18.4. The van der Waals surface area contributed by atoms with Gasteiger partial charge in [-0.3, -0.25) is 4.90 Å². The SMILES string of the molecule is CN(C)C(CNC(=O)NC(c1ccccc1)C1CCCC1)c1ccco1. The average molecular weight is 355 g/mol. The fraction of sp³-hybridized carbons (Fsp3) is 0.476. The van der Waals surface area contributed by atoms with Crippen molar-refractivity contribution in [2.45, 2.75) is 37.8 Å². The number of urea groups is 1. The van der Waals surface area contributed by atoms with E-state index < -0.39 is 0 Å². The Morgan fingerprint density at radius 1 is 1.15 bits per heavy atom. The third-order valence-electron chi connectivity index (χ3n) is 5.27. The molecule has 1 aromatic carbocycles. The Balaban J connectivity index is 1.62. The standard InChI is InChI=1S/C21H29N3O2/c1-24(2)18(19-13-8-14-26-19)15-22-21(25)23-20(17-11-6-7-12-17)16-9-4-3-5-10-16/h3-5,8-10,13-14,17-18,20H,6-7,11-12,15H2,1-2H3,(H2,22,23,25). The highest BCUT2D eigenvalue weighted by atomic mass is 16.3. The molecule has 2 atom stereocenters. The number of hydrogen-bond acceptors (Lipinski definition) is 3. The number of hydrogen-bond donors (Lipinski definition) is 2. The largest absolute Gasteiger partial charge is 0.468 e. The van der Waals surface area contributed by atoms with Crippen molar-refractivity contribution in [1.29, 1.82) is 0 Å². The molecule has 2 N–H and O–H groups in total. The third kappa shape index (κ3) is 4.67. The predicted molar refractivity (Wildman–Crippen MR) is 103 cm³/mol. The molecule has 3 rings (SSSR count). The average Bonchev–Trinajstić information content (AvgIpc) is 3.34. The molecular weight excluding hydrogens is 326 g/mol. The van der Waals surface area contributed by atoms with E-state index in [-0.39, 0.29) is 18.1 Å². The van der Waals surface area contributed by atoms with Gasteiger partial charge in [0.1, 0.15) is 5.76 Å². The van der Waals surface area contributed by atoms with Gasteiger partial charge in [-0.25, -0.2) is 4.79 Å². The molecule has 0 bridgehead atoms. The Hall–Kier alpha value is -2.27. The van der Waals surface area contributed by atoms with Gasteiger partial charge < -0.3 is 15.1 Å². The fourth-order valence-electron chi connectivity index (χ4n) is 3.82. The van der Waals surface area contributed by atoms with E-state index in [9.17, 15) is 4.79 Å². The van der Waals surface area contributed by atoms with Gasteiger partial charge in [-0.05, 0) is 50.6 Å². The molecule has 140 valence electrons. The molecule has 0 spiro atoms. The lowest BCUT2D eigenvalue weighted by Gasteiger charge is -2.27. The number of nitrogens with one attached hydrogen (secondary N) is 2. The van der Waals surface area contributed by atoms with Crippen LogP contribution in [0.25, 0.3) is 0 Å². The van der Waals surface area contributed by atoms with Crippen LogP contribution < -0.4 is 10.6 Å². The Labute approximate surface area is 155 Å². The van der Waals surface area contributed by atoms with E-state index in [1.165, 1.54) is 31.2 Å². The van der Waals surface area contributed by atoms with Crippen LogP contribution in [0, 0.1) is 5.92 Å². The van der Waals surface area contributed by atoms with Gasteiger partial charge in [0.15, 0.2) is 0 Å². The highest BCUT2D eigenvalue weighted by Gasteiger charge is 2.28. The first kappa shape index (κ1) is 18.5. The molecule has 26 heavy (non-hydrogen) atoms. The van der Waals surface area contributed by atoms with Gasteiger partial charge in [0.2, 0.25) is 0 Å². The van der Waals surface area contributed by atoms with E-state index in [2.05, 4.69) is 22.8 Å². The normalized spacial score (nSPS) is 17.2. The van der Waals surface area contributed by atoms with Crippen LogP contribution in [0.1, 0.15) is 49.1 Å². The van der Waals surface area contributed by atoms with Crippen LogP contribution in [0.3, 0.4) is 0 Å². The first-order valence-corrected chi connectivity index (χ1v) is 9.44. The summed E-state index contributed by atoms with van der Waals surface area (Å²) >= 11 is 0. The highest BCUT2D eigenvalue weighted by Crippen LogP contribution is 2.35.